The predicted octanol–water partition coefficient (Wildman–Crippen LogP) is 5.37. The zero-order valence-corrected chi connectivity index (χ0v) is 33.8. The maximum Gasteiger partial charge on any atom is 0.319 e. The highest BCUT2D eigenvalue weighted by Crippen LogP contribution is 2.52. The molecule has 0 spiro atoms. The quantitative estimate of drug-likeness (QED) is 0.239. The number of nitrogens with two attached hydrogens (primary N) is 1. The van der Waals surface area contributed by atoms with Crippen LogP contribution in [0.4, 0.5) is 19.6 Å². The molecule has 1 aliphatic carbocycles. The van der Waals surface area contributed by atoms with Gasteiger partial charge in [-0.15, -0.1) is 11.3 Å². The van der Waals surface area contributed by atoms with E-state index in [-0.39, 0.29) is 102 Å². The van der Waals surface area contributed by atoms with Crippen LogP contribution in [-0.4, -0.2) is 114 Å². The Balaban J connectivity index is 1.08. The molecule has 4 saturated heterocycles. The maximum atomic E-state index is 17.5. The standard InChI is InChI=1S/C39H41ClF2N8O5S2/c1-19-14-39(9-3-10-48(39)16-19)18-55-38-45-30-27-33(28(40)26(29(30)42)22-6-7-24(41)34-25(22)23(15-43)35(44)56-34)54-17-21-8-11-47(12-13-49(21)36(27)46-38)37(51)32-31(20-4-5-20)50(32)57(2,52)53/h6-7,19-21,31-32H,3-5,8-14,16-18,44H2,1-2H3/t19-,21?,31+,32-,39+,50?/m1/s1. The number of nitriles is 1. The second kappa shape index (κ2) is 13.2. The number of nitrogens with zero attached hydrogens (tertiary/aromatic N) is 7. The molecule has 1 saturated carbocycles. The molecule has 1 amide bonds. The molecule has 2 aromatic heterocycles. The average Bonchev–Trinajstić information content (AvgIpc) is 4.06. The van der Waals surface area contributed by atoms with Crippen molar-refractivity contribution in [2.24, 2.45) is 11.8 Å². The molecule has 5 fully saturated rings. The van der Waals surface area contributed by atoms with Gasteiger partial charge in [-0.2, -0.15) is 19.5 Å². The van der Waals surface area contributed by atoms with E-state index in [2.05, 4.69) is 17.9 Å². The fraction of sp³-hybridized carbons (Fsp3) is 0.538. The largest absolute Gasteiger partial charge is 0.489 e. The van der Waals surface area contributed by atoms with E-state index >= 15 is 8.78 Å². The van der Waals surface area contributed by atoms with Gasteiger partial charge in [0.05, 0.1) is 44.6 Å². The van der Waals surface area contributed by atoms with Gasteiger partial charge in [-0.3, -0.25) is 9.69 Å². The van der Waals surface area contributed by atoms with Crippen molar-refractivity contribution in [2.75, 3.05) is 62.8 Å². The number of aromatic nitrogens is 2. The number of carbonyl (C=O) groups excluding carboxylic acids is 1. The summed E-state index contributed by atoms with van der Waals surface area (Å²) in [5.74, 6) is -0.447. The molecule has 18 heteroatoms. The SMILES string of the molecule is C[C@H]1CN2CCC[C@@]2(COc2nc3c4c(c(Cl)c(-c5ccc(F)c6sc(N)c(C#N)c56)c(F)c4n2)OCC2CCN(C(=O)[C@H]4[C@H](C5CC5)N4S(C)(=O)=O)CCN32)C1. The summed E-state index contributed by atoms with van der Waals surface area (Å²) >= 11 is 8.06. The lowest BCUT2D eigenvalue weighted by molar-refractivity contribution is -0.131. The molecule has 2 aromatic carbocycles. The number of anilines is 2. The fourth-order valence-corrected chi connectivity index (χ4v) is 12.8. The minimum Gasteiger partial charge on any atom is -0.489 e. The van der Waals surface area contributed by atoms with E-state index in [4.69, 9.17) is 36.8 Å². The molecule has 5 aliphatic heterocycles. The predicted molar refractivity (Wildman–Crippen MR) is 212 cm³/mol. The Morgan fingerprint density at radius 1 is 1.18 bits per heavy atom. The van der Waals surface area contributed by atoms with Gasteiger partial charge >= 0.3 is 6.01 Å². The molecule has 6 aliphatic rings. The Bertz CT molecular complexity index is 2550. The second-order valence-corrected chi connectivity index (χ2v) is 20.0. The summed E-state index contributed by atoms with van der Waals surface area (Å²) in [7, 11) is -3.55. The zero-order valence-electron chi connectivity index (χ0n) is 31.4. The number of benzene rings is 2. The lowest BCUT2D eigenvalue weighted by Crippen LogP contribution is -2.43. The van der Waals surface area contributed by atoms with Gasteiger partial charge in [0.1, 0.15) is 47.5 Å². The third-order valence-corrected chi connectivity index (χ3v) is 15.6. The Hall–Kier alpha value is -4.08. The highest BCUT2D eigenvalue weighted by atomic mass is 35.5. The van der Waals surface area contributed by atoms with Crippen LogP contribution in [0.1, 0.15) is 51.0 Å². The first-order chi connectivity index (χ1) is 27.3. The first-order valence-corrected chi connectivity index (χ1v) is 22.5. The molecular weight excluding hydrogens is 798 g/mol. The number of halogens is 3. The fourth-order valence-electron chi connectivity index (χ4n) is 10.2. The smallest absolute Gasteiger partial charge is 0.319 e. The van der Waals surface area contributed by atoms with Crippen molar-refractivity contribution in [2.45, 2.75) is 69.1 Å². The highest BCUT2D eigenvalue weighted by Gasteiger charge is 2.64. The zero-order chi connectivity index (χ0) is 39.7. The average molecular weight is 839 g/mol. The van der Waals surface area contributed by atoms with Crippen LogP contribution in [0.2, 0.25) is 5.02 Å². The third-order valence-electron chi connectivity index (χ3n) is 12.9. The van der Waals surface area contributed by atoms with Crippen molar-refractivity contribution in [3.63, 3.8) is 0 Å². The molecular formula is C39H41ClF2N8O5S2. The Morgan fingerprint density at radius 2 is 1.98 bits per heavy atom. The van der Waals surface area contributed by atoms with Gasteiger partial charge in [0.25, 0.3) is 0 Å². The molecule has 2 unspecified atom stereocenters. The minimum atomic E-state index is -3.55. The maximum absolute atomic E-state index is 17.5. The number of ether oxygens (including phenoxy) is 2. The van der Waals surface area contributed by atoms with Gasteiger partial charge in [0, 0.05) is 37.1 Å². The van der Waals surface area contributed by atoms with Crippen molar-refractivity contribution in [3.8, 4) is 29.0 Å². The van der Waals surface area contributed by atoms with E-state index in [0.717, 1.165) is 62.8 Å². The normalized spacial score (nSPS) is 28.5. The van der Waals surface area contributed by atoms with Gasteiger partial charge in [0.2, 0.25) is 15.9 Å². The van der Waals surface area contributed by atoms with Gasteiger partial charge < -0.3 is 25.0 Å². The van der Waals surface area contributed by atoms with Crippen LogP contribution in [0.5, 0.6) is 11.8 Å². The summed E-state index contributed by atoms with van der Waals surface area (Å²) in [5, 5.41) is 10.4. The van der Waals surface area contributed by atoms with Crippen LogP contribution in [0.15, 0.2) is 12.1 Å². The summed E-state index contributed by atoms with van der Waals surface area (Å²) in [6.07, 6.45) is 6.40. The van der Waals surface area contributed by atoms with Crippen LogP contribution >= 0.6 is 22.9 Å². The number of hydrogen-bond donors (Lipinski definition) is 1. The highest BCUT2D eigenvalue weighted by molar-refractivity contribution is 7.88. The topological polar surface area (TPSA) is 158 Å². The van der Waals surface area contributed by atoms with E-state index in [1.165, 1.54) is 16.4 Å². The van der Waals surface area contributed by atoms with Crippen molar-refractivity contribution in [3.05, 3.63) is 34.4 Å². The summed E-state index contributed by atoms with van der Waals surface area (Å²) in [6, 6.07) is 3.27. The number of carbonyl (C=O) groups is 1. The van der Waals surface area contributed by atoms with Crippen LogP contribution < -0.4 is 20.1 Å². The summed E-state index contributed by atoms with van der Waals surface area (Å²) in [6.45, 7) is 5.51. The first kappa shape index (κ1) is 37.2. The summed E-state index contributed by atoms with van der Waals surface area (Å²) in [4.78, 5) is 29.8. The molecule has 0 radical (unpaired) electrons. The number of fused-ring (bicyclic) bond motifs is 4. The third kappa shape index (κ3) is 5.83. The molecule has 13 nitrogen and oxygen atoms in total. The number of rotatable bonds is 7. The molecule has 0 bridgehead atoms. The Kier molecular flexibility index (Phi) is 8.63. The van der Waals surface area contributed by atoms with E-state index in [0.29, 0.717) is 37.9 Å². The monoisotopic (exact) mass is 838 g/mol. The Morgan fingerprint density at radius 3 is 2.74 bits per heavy atom. The number of amides is 1. The van der Waals surface area contributed by atoms with Gasteiger partial charge in [-0.25, -0.2) is 17.2 Å². The first-order valence-electron chi connectivity index (χ1n) is 19.5. The summed E-state index contributed by atoms with van der Waals surface area (Å²) in [5.41, 5.74) is 5.94. The second-order valence-electron chi connectivity index (χ2n) is 16.6. The van der Waals surface area contributed by atoms with E-state index in [1.807, 2.05) is 4.90 Å². The van der Waals surface area contributed by atoms with Crippen LogP contribution in [0.25, 0.3) is 32.1 Å². The van der Waals surface area contributed by atoms with E-state index in [1.54, 1.807) is 4.90 Å². The van der Waals surface area contributed by atoms with Crippen LogP contribution in [-0.2, 0) is 14.8 Å². The summed E-state index contributed by atoms with van der Waals surface area (Å²) < 4.78 is 72.3. The molecule has 57 heavy (non-hydrogen) atoms. The van der Waals surface area contributed by atoms with E-state index in [9.17, 15) is 18.5 Å². The molecule has 6 atom stereocenters. The van der Waals surface area contributed by atoms with Gasteiger partial charge in [-0.05, 0) is 68.5 Å². The van der Waals surface area contributed by atoms with Crippen LogP contribution in [0, 0.1) is 34.8 Å². The van der Waals surface area contributed by atoms with Gasteiger partial charge in [-0.1, -0.05) is 24.6 Å². The number of nitrogen functional groups attached to an aromatic ring is 1. The minimum absolute atomic E-state index is 0.0206. The van der Waals surface area contributed by atoms with Crippen LogP contribution in [0.3, 0.4) is 0 Å². The number of sulfonamides is 1. The molecule has 2 N–H and O–H groups in total. The van der Waals surface area contributed by atoms with Crippen molar-refractivity contribution in [1.29, 1.82) is 5.26 Å². The van der Waals surface area contributed by atoms with Crippen molar-refractivity contribution >= 4 is 70.7 Å². The molecule has 7 heterocycles. The number of thiophene rings is 1. The van der Waals surface area contributed by atoms with Crippen molar-refractivity contribution in [1.82, 2.24) is 24.1 Å². The molecule has 300 valence electrons. The van der Waals surface area contributed by atoms with E-state index < -0.39 is 27.7 Å². The lowest BCUT2D eigenvalue weighted by atomic mass is 9.92. The molecule has 4 aromatic rings. The van der Waals surface area contributed by atoms with Crippen molar-refractivity contribution < 1.29 is 31.5 Å². The lowest BCUT2D eigenvalue weighted by Gasteiger charge is -2.32. The molecule has 10 rings (SSSR count). The van der Waals surface area contributed by atoms with Gasteiger partial charge in [0.15, 0.2) is 11.6 Å². The Labute approximate surface area is 337 Å². The number of hydrogen-bond acceptors (Lipinski definition) is 12.